The molecule has 0 radical (unpaired) electrons. The van der Waals surface area contributed by atoms with Gasteiger partial charge in [0.1, 0.15) is 6.10 Å². The van der Waals surface area contributed by atoms with E-state index in [4.69, 9.17) is 27.9 Å². The van der Waals surface area contributed by atoms with E-state index in [1.165, 1.54) is 4.90 Å². The Morgan fingerprint density at radius 1 is 1.20 bits per heavy atom. The smallest absolute Gasteiger partial charge is 0.414 e. The number of likely N-dealkylation sites (N-methyl/N-ethyl adjacent to an activating group) is 1. The van der Waals surface area contributed by atoms with Crippen molar-refractivity contribution in [3.8, 4) is 11.1 Å². The number of amides is 1. The standard InChI is InChI=1S/C19H20Cl2N2O2/c1-22-8-7-16(12-22)25-19(24)23(2)18-6-4-3-5-17(18)13-9-14(20)11-15(21)10-13/h3-6,9-11,16H,7-8,12H2,1-2H3/t16-/m1/s1. The summed E-state index contributed by atoms with van der Waals surface area (Å²) < 4.78 is 5.63. The number of para-hydroxylation sites is 1. The molecule has 1 aliphatic rings. The van der Waals surface area contributed by atoms with Crippen LogP contribution >= 0.6 is 23.2 Å². The largest absolute Gasteiger partial charge is 0.444 e. The maximum atomic E-state index is 12.6. The van der Waals surface area contributed by atoms with Gasteiger partial charge in [0, 0.05) is 35.7 Å². The summed E-state index contributed by atoms with van der Waals surface area (Å²) in [6.45, 7) is 1.71. The molecule has 0 unspecified atom stereocenters. The number of halogens is 2. The summed E-state index contributed by atoms with van der Waals surface area (Å²) in [5.41, 5.74) is 2.47. The normalized spacial score (nSPS) is 17.5. The van der Waals surface area contributed by atoms with Crippen molar-refractivity contribution in [2.24, 2.45) is 0 Å². The number of carbonyl (C=O) groups excluding carboxylic acids is 1. The third kappa shape index (κ3) is 4.27. The van der Waals surface area contributed by atoms with Crippen molar-refractivity contribution in [3.63, 3.8) is 0 Å². The fourth-order valence-electron chi connectivity index (χ4n) is 3.03. The van der Waals surface area contributed by atoms with Gasteiger partial charge in [0.05, 0.1) is 5.69 Å². The highest BCUT2D eigenvalue weighted by Gasteiger charge is 2.25. The maximum Gasteiger partial charge on any atom is 0.414 e. The van der Waals surface area contributed by atoms with Crippen LogP contribution in [-0.2, 0) is 4.74 Å². The molecule has 0 bridgehead atoms. The first kappa shape index (κ1) is 18.1. The molecule has 4 nitrogen and oxygen atoms in total. The quantitative estimate of drug-likeness (QED) is 0.758. The van der Waals surface area contributed by atoms with E-state index in [1.54, 1.807) is 13.1 Å². The van der Waals surface area contributed by atoms with Gasteiger partial charge in [0.2, 0.25) is 0 Å². The van der Waals surface area contributed by atoms with Crippen LogP contribution in [0.2, 0.25) is 10.0 Å². The van der Waals surface area contributed by atoms with E-state index in [1.807, 2.05) is 43.4 Å². The second-order valence-corrected chi connectivity index (χ2v) is 7.16. The van der Waals surface area contributed by atoms with Gasteiger partial charge in [-0.25, -0.2) is 4.79 Å². The molecule has 1 amide bonds. The highest BCUT2D eigenvalue weighted by molar-refractivity contribution is 6.35. The monoisotopic (exact) mass is 378 g/mol. The molecule has 25 heavy (non-hydrogen) atoms. The van der Waals surface area contributed by atoms with Crippen molar-refractivity contribution in [2.75, 3.05) is 32.1 Å². The Balaban J connectivity index is 1.85. The topological polar surface area (TPSA) is 32.8 Å². The van der Waals surface area contributed by atoms with E-state index >= 15 is 0 Å². The van der Waals surface area contributed by atoms with Crippen LogP contribution in [0.4, 0.5) is 10.5 Å². The lowest BCUT2D eigenvalue weighted by Crippen LogP contribution is -2.32. The number of nitrogens with zero attached hydrogens (tertiary/aromatic N) is 2. The van der Waals surface area contributed by atoms with Crippen LogP contribution in [-0.4, -0.2) is 44.3 Å². The third-order valence-corrected chi connectivity index (χ3v) is 4.76. The molecular formula is C19H20Cl2N2O2. The number of rotatable bonds is 3. The second kappa shape index (κ2) is 7.65. The number of carbonyl (C=O) groups is 1. The molecule has 1 aliphatic heterocycles. The molecule has 2 aromatic rings. The Bertz CT molecular complexity index is 762. The van der Waals surface area contributed by atoms with Gasteiger partial charge in [-0.1, -0.05) is 41.4 Å². The highest BCUT2D eigenvalue weighted by Crippen LogP contribution is 2.34. The van der Waals surface area contributed by atoms with Crippen LogP contribution in [0.25, 0.3) is 11.1 Å². The zero-order valence-electron chi connectivity index (χ0n) is 14.2. The Labute approximate surface area is 157 Å². The van der Waals surface area contributed by atoms with Crippen LogP contribution in [0.1, 0.15) is 6.42 Å². The summed E-state index contributed by atoms with van der Waals surface area (Å²) in [4.78, 5) is 16.2. The molecule has 3 rings (SSSR count). The van der Waals surface area contributed by atoms with Gasteiger partial charge in [0.25, 0.3) is 0 Å². The molecule has 1 saturated heterocycles. The first-order valence-electron chi connectivity index (χ1n) is 8.12. The Morgan fingerprint density at radius 2 is 1.88 bits per heavy atom. The van der Waals surface area contributed by atoms with Crippen molar-refractivity contribution in [3.05, 3.63) is 52.5 Å². The van der Waals surface area contributed by atoms with Crippen LogP contribution in [0.15, 0.2) is 42.5 Å². The minimum Gasteiger partial charge on any atom is -0.444 e. The molecule has 2 aromatic carbocycles. The molecule has 0 N–H and O–H groups in total. The Morgan fingerprint density at radius 3 is 2.52 bits per heavy atom. The summed E-state index contributed by atoms with van der Waals surface area (Å²) in [5, 5.41) is 1.10. The number of likely N-dealkylation sites (tertiary alicyclic amines) is 1. The first-order chi connectivity index (χ1) is 11.9. The molecule has 132 valence electrons. The van der Waals surface area contributed by atoms with Gasteiger partial charge >= 0.3 is 6.09 Å². The number of anilines is 1. The predicted octanol–water partition coefficient (Wildman–Crippen LogP) is 4.94. The predicted molar refractivity (Wildman–Crippen MR) is 103 cm³/mol. The average Bonchev–Trinajstić information content (AvgIpc) is 2.98. The lowest BCUT2D eigenvalue weighted by atomic mass is 10.0. The number of ether oxygens (including phenoxy) is 1. The average molecular weight is 379 g/mol. The van der Waals surface area contributed by atoms with Crippen molar-refractivity contribution in [2.45, 2.75) is 12.5 Å². The maximum absolute atomic E-state index is 12.6. The van der Waals surface area contributed by atoms with Crippen LogP contribution < -0.4 is 4.90 Å². The van der Waals surface area contributed by atoms with E-state index in [-0.39, 0.29) is 12.2 Å². The van der Waals surface area contributed by atoms with Gasteiger partial charge in [-0.05, 0) is 43.3 Å². The van der Waals surface area contributed by atoms with Crippen LogP contribution in [0, 0.1) is 0 Å². The minimum absolute atomic E-state index is 0.0623. The fourth-order valence-corrected chi connectivity index (χ4v) is 3.56. The van der Waals surface area contributed by atoms with Gasteiger partial charge in [-0.2, -0.15) is 0 Å². The van der Waals surface area contributed by atoms with E-state index in [0.717, 1.165) is 36.3 Å². The molecule has 0 aromatic heterocycles. The summed E-state index contributed by atoms with van der Waals surface area (Å²) in [7, 11) is 3.74. The fraction of sp³-hybridized carbons (Fsp3) is 0.316. The van der Waals surface area contributed by atoms with Crippen LogP contribution in [0.5, 0.6) is 0 Å². The summed E-state index contributed by atoms with van der Waals surface area (Å²) >= 11 is 12.3. The zero-order chi connectivity index (χ0) is 18.0. The summed E-state index contributed by atoms with van der Waals surface area (Å²) in [6, 6.07) is 13.0. The van der Waals surface area contributed by atoms with E-state index in [0.29, 0.717) is 10.0 Å². The van der Waals surface area contributed by atoms with Gasteiger partial charge in [0.15, 0.2) is 0 Å². The van der Waals surface area contributed by atoms with Crippen molar-refractivity contribution < 1.29 is 9.53 Å². The summed E-state index contributed by atoms with van der Waals surface area (Å²) in [5.74, 6) is 0. The van der Waals surface area contributed by atoms with Gasteiger partial charge in [-0.3, -0.25) is 4.90 Å². The third-order valence-electron chi connectivity index (χ3n) is 4.33. The van der Waals surface area contributed by atoms with Crippen molar-refractivity contribution in [1.29, 1.82) is 0 Å². The number of benzene rings is 2. The van der Waals surface area contributed by atoms with E-state index < -0.39 is 0 Å². The minimum atomic E-state index is -0.360. The van der Waals surface area contributed by atoms with Crippen LogP contribution in [0.3, 0.4) is 0 Å². The van der Waals surface area contributed by atoms with Gasteiger partial charge < -0.3 is 9.64 Å². The zero-order valence-corrected chi connectivity index (χ0v) is 15.7. The number of hydrogen-bond acceptors (Lipinski definition) is 3. The molecule has 0 saturated carbocycles. The van der Waals surface area contributed by atoms with E-state index in [2.05, 4.69) is 4.90 Å². The molecule has 0 aliphatic carbocycles. The molecule has 6 heteroatoms. The van der Waals surface area contributed by atoms with E-state index in [9.17, 15) is 4.79 Å². The highest BCUT2D eigenvalue weighted by atomic mass is 35.5. The lowest BCUT2D eigenvalue weighted by molar-refractivity contribution is 0.110. The molecular weight excluding hydrogens is 359 g/mol. The Kier molecular flexibility index (Phi) is 5.52. The molecule has 1 fully saturated rings. The first-order valence-corrected chi connectivity index (χ1v) is 8.88. The number of hydrogen-bond donors (Lipinski definition) is 0. The molecule has 0 spiro atoms. The SMILES string of the molecule is CN1CC[C@@H](OC(=O)N(C)c2ccccc2-c2cc(Cl)cc(Cl)c2)C1. The summed E-state index contributed by atoms with van der Waals surface area (Å²) in [6.07, 6.45) is 0.440. The van der Waals surface area contributed by atoms with Gasteiger partial charge in [-0.15, -0.1) is 0 Å². The van der Waals surface area contributed by atoms with Crippen molar-refractivity contribution in [1.82, 2.24) is 4.90 Å². The lowest BCUT2D eigenvalue weighted by Gasteiger charge is -2.22. The Hall–Kier alpha value is -1.75. The molecule has 1 atom stereocenters. The van der Waals surface area contributed by atoms with Crippen molar-refractivity contribution >= 4 is 35.0 Å². The molecule has 1 heterocycles. The second-order valence-electron chi connectivity index (χ2n) is 6.29.